The van der Waals surface area contributed by atoms with Gasteiger partial charge in [0.05, 0.1) is 0 Å². The molecular formula is C18H21NO3. The van der Waals surface area contributed by atoms with Gasteiger partial charge in [0.2, 0.25) is 0 Å². The molecule has 2 aromatic rings. The Morgan fingerprint density at radius 2 is 1.55 bits per heavy atom. The van der Waals surface area contributed by atoms with Gasteiger partial charge in [-0.25, -0.2) is 4.79 Å². The molecule has 2 rings (SSSR count). The van der Waals surface area contributed by atoms with Gasteiger partial charge in [-0.2, -0.15) is 0 Å². The fourth-order valence-electron chi connectivity index (χ4n) is 1.87. The zero-order valence-electron chi connectivity index (χ0n) is 13.4. The zero-order chi connectivity index (χ0) is 16.1. The van der Waals surface area contributed by atoms with Gasteiger partial charge in [-0.15, -0.1) is 0 Å². The quantitative estimate of drug-likeness (QED) is 0.824. The van der Waals surface area contributed by atoms with Crippen LogP contribution in [0.5, 0.6) is 17.2 Å². The average molecular weight is 299 g/mol. The maximum atomic E-state index is 11.6. The minimum absolute atomic E-state index is 0.418. The first kappa shape index (κ1) is 15.9. The van der Waals surface area contributed by atoms with Crippen molar-refractivity contribution in [3.8, 4) is 17.2 Å². The van der Waals surface area contributed by atoms with Crippen LogP contribution < -0.4 is 9.47 Å². The molecule has 0 aliphatic heterocycles. The van der Waals surface area contributed by atoms with Crippen LogP contribution in [0.15, 0.2) is 48.5 Å². The summed E-state index contributed by atoms with van der Waals surface area (Å²) in [7, 11) is 3.28. The third-order valence-corrected chi connectivity index (χ3v) is 3.14. The van der Waals surface area contributed by atoms with Crippen LogP contribution in [0.25, 0.3) is 0 Å². The first-order valence-electron chi connectivity index (χ1n) is 7.22. The standard InChI is InChI=1S/C18H21NO3/c1-13(2)14-7-5-8-15(11-14)21-16-9-6-10-17(12-16)22-18(20)19(3)4/h5-13H,1-4H3. The molecule has 2 aromatic carbocycles. The number of ether oxygens (including phenoxy) is 2. The largest absolute Gasteiger partial charge is 0.457 e. The Labute approximate surface area is 131 Å². The van der Waals surface area contributed by atoms with Gasteiger partial charge in [0.1, 0.15) is 17.2 Å². The molecule has 0 heterocycles. The summed E-state index contributed by atoms with van der Waals surface area (Å²) in [6.07, 6.45) is -0.418. The Bertz CT molecular complexity index is 650. The summed E-state index contributed by atoms with van der Waals surface area (Å²) in [4.78, 5) is 12.9. The molecule has 0 spiro atoms. The molecule has 0 bridgehead atoms. The van der Waals surface area contributed by atoms with Crippen LogP contribution in [0.1, 0.15) is 25.3 Å². The van der Waals surface area contributed by atoms with Crippen LogP contribution in [0.3, 0.4) is 0 Å². The predicted molar refractivity (Wildman–Crippen MR) is 86.8 cm³/mol. The van der Waals surface area contributed by atoms with E-state index in [2.05, 4.69) is 19.9 Å². The molecule has 0 atom stereocenters. The van der Waals surface area contributed by atoms with Crippen molar-refractivity contribution in [2.45, 2.75) is 19.8 Å². The molecule has 22 heavy (non-hydrogen) atoms. The number of nitrogens with zero attached hydrogens (tertiary/aromatic N) is 1. The van der Waals surface area contributed by atoms with Crippen molar-refractivity contribution in [1.82, 2.24) is 4.90 Å². The van der Waals surface area contributed by atoms with Crippen LogP contribution in [0.2, 0.25) is 0 Å². The maximum absolute atomic E-state index is 11.6. The zero-order valence-corrected chi connectivity index (χ0v) is 13.4. The topological polar surface area (TPSA) is 38.8 Å². The molecule has 0 aromatic heterocycles. The average Bonchev–Trinajstić information content (AvgIpc) is 2.47. The minimum Gasteiger partial charge on any atom is -0.457 e. The molecule has 0 saturated carbocycles. The van der Waals surface area contributed by atoms with Gasteiger partial charge in [0.15, 0.2) is 0 Å². The minimum atomic E-state index is -0.418. The second-order valence-corrected chi connectivity index (χ2v) is 5.57. The number of hydrogen-bond acceptors (Lipinski definition) is 3. The third kappa shape index (κ3) is 4.25. The second kappa shape index (κ2) is 6.98. The monoisotopic (exact) mass is 299 g/mol. The number of carbonyl (C=O) groups excluding carboxylic acids is 1. The van der Waals surface area contributed by atoms with Crippen molar-refractivity contribution >= 4 is 6.09 Å². The van der Waals surface area contributed by atoms with Gasteiger partial charge in [-0.3, -0.25) is 0 Å². The highest BCUT2D eigenvalue weighted by Gasteiger charge is 2.08. The molecule has 1 amide bonds. The van der Waals surface area contributed by atoms with Gasteiger partial charge in [0.25, 0.3) is 0 Å². The lowest BCUT2D eigenvalue weighted by molar-refractivity contribution is 0.172. The van der Waals surface area contributed by atoms with E-state index >= 15 is 0 Å². The summed E-state index contributed by atoms with van der Waals surface area (Å²) < 4.78 is 11.1. The molecule has 0 aliphatic rings. The van der Waals surface area contributed by atoms with Crippen LogP contribution in [-0.4, -0.2) is 25.1 Å². The van der Waals surface area contributed by atoms with Crippen LogP contribution in [0, 0.1) is 0 Å². The number of hydrogen-bond donors (Lipinski definition) is 0. The lowest BCUT2D eigenvalue weighted by atomic mass is 10.0. The Hall–Kier alpha value is -2.49. The van der Waals surface area contributed by atoms with Crippen molar-refractivity contribution in [2.75, 3.05) is 14.1 Å². The first-order valence-corrected chi connectivity index (χ1v) is 7.22. The summed E-state index contributed by atoms with van der Waals surface area (Å²) in [5.74, 6) is 2.29. The molecule has 4 heteroatoms. The fraction of sp³-hybridized carbons (Fsp3) is 0.278. The summed E-state index contributed by atoms with van der Waals surface area (Å²) in [6, 6.07) is 15.0. The van der Waals surface area contributed by atoms with Crippen LogP contribution in [0.4, 0.5) is 4.79 Å². The SMILES string of the molecule is CC(C)c1cccc(Oc2cccc(OC(=O)N(C)C)c2)c1. The maximum Gasteiger partial charge on any atom is 0.414 e. The molecule has 0 aliphatic carbocycles. The Kier molecular flexibility index (Phi) is 5.04. The molecule has 0 fully saturated rings. The highest BCUT2D eigenvalue weighted by Crippen LogP contribution is 2.27. The smallest absolute Gasteiger partial charge is 0.414 e. The van der Waals surface area contributed by atoms with E-state index in [-0.39, 0.29) is 0 Å². The van der Waals surface area contributed by atoms with E-state index in [0.29, 0.717) is 17.4 Å². The molecule has 0 radical (unpaired) electrons. The highest BCUT2D eigenvalue weighted by atomic mass is 16.6. The van der Waals surface area contributed by atoms with Crippen molar-refractivity contribution in [2.24, 2.45) is 0 Å². The Balaban J connectivity index is 2.13. The summed E-state index contributed by atoms with van der Waals surface area (Å²) in [5.41, 5.74) is 1.22. The van der Waals surface area contributed by atoms with E-state index in [1.54, 1.807) is 32.3 Å². The predicted octanol–water partition coefficient (Wildman–Crippen LogP) is 4.66. The molecule has 4 nitrogen and oxygen atoms in total. The van der Waals surface area contributed by atoms with E-state index in [0.717, 1.165) is 5.75 Å². The number of amides is 1. The van der Waals surface area contributed by atoms with Gasteiger partial charge in [-0.05, 0) is 35.7 Å². The molecule has 0 unspecified atom stereocenters. The van der Waals surface area contributed by atoms with Gasteiger partial charge in [-0.1, -0.05) is 32.0 Å². The molecular weight excluding hydrogens is 278 g/mol. The van der Waals surface area contributed by atoms with Crippen LogP contribution in [-0.2, 0) is 0 Å². The van der Waals surface area contributed by atoms with Crippen molar-refractivity contribution in [1.29, 1.82) is 0 Å². The second-order valence-electron chi connectivity index (χ2n) is 5.57. The van der Waals surface area contributed by atoms with Crippen molar-refractivity contribution in [3.05, 3.63) is 54.1 Å². The number of carbonyl (C=O) groups is 1. The summed E-state index contributed by atoms with van der Waals surface area (Å²) in [6.45, 7) is 4.28. The molecule has 116 valence electrons. The number of benzene rings is 2. The summed E-state index contributed by atoms with van der Waals surface area (Å²) >= 11 is 0. The normalized spacial score (nSPS) is 10.4. The van der Waals surface area contributed by atoms with Crippen molar-refractivity contribution in [3.63, 3.8) is 0 Å². The third-order valence-electron chi connectivity index (χ3n) is 3.14. The fourth-order valence-corrected chi connectivity index (χ4v) is 1.87. The first-order chi connectivity index (χ1) is 10.5. The van der Waals surface area contributed by atoms with E-state index in [4.69, 9.17) is 9.47 Å². The van der Waals surface area contributed by atoms with Gasteiger partial charge >= 0.3 is 6.09 Å². The van der Waals surface area contributed by atoms with E-state index < -0.39 is 6.09 Å². The highest BCUT2D eigenvalue weighted by molar-refractivity contribution is 5.70. The molecule has 0 N–H and O–H groups in total. The molecule has 0 saturated heterocycles. The van der Waals surface area contributed by atoms with E-state index in [9.17, 15) is 4.79 Å². The summed E-state index contributed by atoms with van der Waals surface area (Å²) in [5, 5.41) is 0. The lowest BCUT2D eigenvalue weighted by Gasteiger charge is -2.12. The number of rotatable bonds is 4. The van der Waals surface area contributed by atoms with E-state index in [1.165, 1.54) is 10.5 Å². The van der Waals surface area contributed by atoms with E-state index in [1.807, 2.05) is 24.3 Å². The van der Waals surface area contributed by atoms with Gasteiger partial charge in [0, 0.05) is 20.2 Å². The Morgan fingerprint density at radius 3 is 2.18 bits per heavy atom. The van der Waals surface area contributed by atoms with Gasteiger partial charge < -0.3 is 14.4 Å². The van der Waals surface area contributed by atoms with Crippen LogP contribution >= 0.6 is 0 Å². The Morgan fingerprint density at radius 1 is 0.955 bits per heavy atom. The lowest BCUT2D eigenvalue weighted by Crippen LogP contribution is -2.25. The van der Waals surface area contributed by atoms with Crippen molar-refractivity contribution < 1.29 is 14.3 Å².